The first kappa shape index (κ1) is 15.2. The lowest BCUT2D eigenvalue weighted by Gasteiger charge is -2.20. The largest absolute Gasteiger partial charge is 0.414 e. The summed E-state index contributed by atoms with van der Waals surface area (Å²) in [5.41, 5.74) is 5.90. The normalized spacial score (nSPS) is 23.7. The van der Waals surface area contributed by atoms with E-state index in [1.54, 1.807) is 0 Å². The number of aromatic amines is 1. The van der Waals surface area contributed by atoms with Gasteiger partial charge in [0.2, 0.25) is 11.8 Å². The Hall–Kier alpha value is -1.21. The molecule has 0 radical (unpaired) electrons. The van der Waals surface area contributed by atoms with E-state index < -0.39 is 6.04 Å². The van der Waals surface area contributed by atoms with E-state index in [1.807, 2.05) is 0 Å². The molecule has 112 valence electrons. The second-order valence-electron chi connectivity index (χ2n) is 5.35. The van der Waals surface area contributed by atoms with Crippen molar-refractivity contribution >= 4 is 18.1 Å². The van der Waals surface area contributed by atoms with Gasteiger partial charge in [-0.1, -0.05) is 26.2 Å². The molecular formula is C13H22N4O2S. The highest BCUT2D eigenvalue weighted by molar-refractivity contribution is 7.71. The SMILES string of the molecule is CCCC[C@H](N)C(=O)N[C@H]1CCC[C@H]1c1n[nH]c(=S)o1. The molecule has 1 saturated carbocycles. The number of nitrogens with two attached hydrogens (primary N) is 1. The smallest absolute Gasteiger partial charge is 0.284 e. The summed E-state index contributed by atoms with van der Waals surface area (Å²) in [5.74, 6) is 0.592. The van der Waals surface area contributed by atoms with Crippen molar-refractivity contribution in [2.45, 2.75) is 63.5 Å². The molecule has 1 aromatic rings. The van der Waals surface area contributed by atoms with E-state index in [4.69, 9.17) is 22.4 Å². The first-order chi connectivity index (χ1) is 9.61. The number of hydrogen-bond donors (Lipinski definition) is 3. The molecule has 0 spiro atoms. The first-order valence-corrected chi connectivity index (χ1v) is 7.64. The van der Waals surface area contributed by atoms with Crippen LogP contribution >= 0.6 is 12.2 Å². The third kappa shape index (κ3) is 3.67. The minimum absolute atomic E-state index is 0.0385. The zero-order valence-electron chi connectivity index (χ0n) is 11.7. The number of amides is 1. The fourth-order valence-electron chi connectivity index (χ4n) is 2.67. The first-order valence-electron chi connectivity index (χ1n) is 7.23. The van der Waals surface area contributed by atoms with Gasteiger partial charge in [-0.3, -0.25) is 4.79 Å². The number of nitrogens with one attached hydrogen (secondary N) is 2. The van der Waals surface area contributed by atoms with E-state index in [0.29, 0.717) is 5.89 Å². The minimum atomic E-state index is -0.429. The Kier molecular flexibility index (Phi) is 5.31. The predicted molar refractivity (Wildman–Crippen MR) is 77.7 cm³/mol. The molecule has 4 N–H and O–H groups in total. The highest BCUT2D eigenvalue weighted by Crippen LogP contribution is 2.33. The summed E-state index contributed by atoms with van der Waals surface area (Å²) >= 11 is 4.89. The highest BCUT2D eigenvalue weighted by Gasteiger charge is 2.34. The van der Waals surface area contributed by atoms with Gasteiger partial charge >= 0.3 is 0 Å². The molecule has 1 amide bonds. The molecule has 3 atom stereocenters. The topological polar surface area (TPSA) is 96.9 Å². The maximum Gasteiger partial charge on any atom is 0.284 e. The van der Waals surface area contributed by atoms with Gasteiger partial charge < -0.3 is 15.5 Å². The number of hydrogen-bond acceptors (Lipinski definition) is 5. The molecule has 0 aliphatic heterocycles. The lowest BCUT2D eigenvalue weighted by atomic mass is 10.0. The van der Waals surface area contributed by atoms with Crippen molar-refractivity contribution in [2.75, 3.05) is 0 Å². The monoisotopic (exact) mass is 298 g/mol. The van der Waals surface area contributed by atoms with Crippen LogP contribution in [0.25, 0.3) is 0 Å². The summed E-state index contributed by atoms with van der Waals surface area (Å²) in [7, 11) is 0. The second kappa shape index (κ2) is 6.99. The summed E-state index contributed by atoms with van der Waals surface area (Å²) in [4.78, 5) is 12.3. The average Bonchev–Trinajstić information content (AvgIpc) is 3.04. The van der Waals surface area contributed by atoms with E-state index in [9.17, 15) is 4.79 Å². The standard InChI is InChI=1S/C13H22N4O2S/c1-2-3-6-9(14)11(18)15-10-7-4-5-8(10)12-16-17-13(20)19-12/h8-10H,2-7,14H2,1H3,(H,15,18)(H,17,20)/t8-,9+,10+/m1/s1. The molecule has 1 fully saturated rings. The third-order valence-electron chi connectivity index (χ3n) is 3.82. The maximum atomic E-state index is 12.1. The van der Waals surface area contributed by atoms with Crippen LogP contribution in [0.2, 0.25) is 0 Å². The van der Waals surface area contributed by atoms with Crippen LogP contribution in [-0.4, -0.2) is 28.2 Å². The average molecular weight is 298 g/mol. The molecule has 0 aromatic carbocycles. The summed E-state index contributed by atoms with van der Waals surface area (Å²) in [6.45, 7) is 2.09. The fourth-order valence-corrected chi connectivity index (χ4v) is 2.80. The third-order valence-corrected chi connectivity index (χ3v) is 4.00. The van der Waals surface area contributed by atoms with E-state index in [-0.39, 0.29) is 22.7 Å². The van der Waals surface area contributed by atoms with Crippen molar-refractivity contribution < 1.29 is 9.21 Å². The van der Waals surface area contributed by atoms with Gasteiger partial charge in [-0.05, 0) is 31.5 Å². The van der Waals surface area contributed by atoms with Crippen LogP contribution in [0, 0.1) is 4.84 Å². The van der Waals surface area contributed by atoms with Crippen molar-refractivity contribution in [1.82, 2.24) is 15.5 Å². The minimum Gasteiger partial charge on any atom is -0.414 e. The number of rotatable bonds is 6. The van der Waals surface area contributed by atoms with Crippen molar-refractivity contribution in [2.24, 2.45) is 5.73 Å². The van der Waals surface area contributed by atoms with Crippen molar-refractivity contribution in [3.8, 4) is 0 Å². The Morgan fingerprint density at radius 2 is 2.45 bits per heavy atom. The lowest BCUT2D eigenvalue weighted by molar-refractivity contribution is -0.123. The summed E-state index contributed by atoms with van der Waals surface area (Å²) < 4.78 is 5.37. The van der Waals surface area contributed by atoms with Gasteiger partial charge in [-0.25, -0.2) is 5.10 Å². The second-order valence-corrected chi connectivity index (χ2v) is 5.72. The van der Waals surface area contributed by atoms with Crippen molar-refractivity contribution in [1.29, 1.82) is 0 Å². The van der Waals surface area contributed by atoms with Gasteiger partial charge in [-0.15, -0.1) is 5.10 Å². The molecular weight excluding hydrogens is 276 g/mol. The molecule has 0 bridgehead atoms. The van der Waals surface area contributed by atoms with Crippen LogP contribution in [0.5, 0.6) is 0 Å². The Balaban J connectivity index is 1.94. The van der Waals surface area contributed by atoms with Crippen LogP contribution in [0.15, 0.2) is 4.42 Å². The number of H-pyrrole nitrogens is 1. The molecule has 6 nitrogen and oxygen atoms in total. The van der Waals surface area contributed by atoms with E-state index in [1.165, 1.54) is 0 Å². The molecule has 0 unspecified atom stereocenters. The fraction of sp³-hybridized carbons (Fsp3) is 0.769. The summed E-state index contributed by atoms with van der Waals surface area (Å²) in [6.07, 6.45) is 5.64. The number of nitrogens with zero attached hydrogens (tertiary/aromatic N) is 1. The van der Waals surface area contributed by atoms with E-state index in [0.717, 1.165) is 38.5 Å². The molecule has 20 heavy (non-hydrogen) atoms. The molecule has 1 aliphatic carbocycles. The van der Waals surface area contributed by atoms with Gasteiger partial charge in [0.25, 0.3) is 4.84 Å². The number of aromatic nitrogens is 2. The Labute approximate surface area is 123 Å². The maximum absolute atomic E-state index is 12.1. The zero-order valence-corrected chi connectivity index (χ0v) is 12.5. The van der Waals surface area contributed by atoms with Gasteiger partial charge in [0, 0.05) is 6.04 Å². The number of carbonyl (C=O) groups excluding carboxylic acids is 1. The zero-order chi connectivity index (χ0) is 14.5. The summed E-state index contributed by atoms with van der Waals surface area (Å²) in [6, 6.07) is -0.390. The van der Waals surface area contributed by atoms with Gasteiger partial charge in [-0.2, -0.15) is 0 Å². The Bertz CT molecular complexity index is 499. The molecule has 2 rings (SSSR count). The lowest BCUT2D eigenvalue weighted by Crippen LogP contribution is -2.46. The van der Waals surface area contributed by atoms with Crippen LogP contribution in [0.3, 0.4) is 0 Å². The molecule has 7 heteroatoms. The molecule has 0 saturated heterocycles. The molecule has 1 aromatic heterocycles. The van der Waals surface area contributed by atoms with Crippen molar-refractivity contribution in [3.63, 3.8) is 0 Å². The quantitative estimate of drug-likeness (QED) is 0.698. The molecule has 1 heterocycles. The van der Waals surface area contributed by atoms with E-state index >= 15 is 0 Å². The number of carbonyl (C=O) groups is 1. The van der Waals surface area contributed by atoms with E-state index in [2.05, 4.69) is 22.4 Å². The van der Waals surface area contributed by atoms with Crippen LogP contribution in [0.1, 0.15) is 57.3 Å². The van der Waals surface area contributed by atoms with Gasteiger partial charge in [0.05, 0.1) is 12.0 Å². The van der Waals surface area contributed by atoms with Gasteiger partial charge in [0.1, 0.15) is 0 Å². The number of unbranched alkanes of at least 4 members (excludes halogenated alkanes) is 1. The van der Waals surface area contributed by atoms with Crippen LogP contribution < -0.4 is 11.1 Å². The van der Waals surface area contributed by atoms with Gasteiger partial charge in [0.15, 0.2) is 0 Å². The highest BCUT2D eigenvalue weighted by atomic mass is 32.1. The Morgan fingerprint density at radius 1 is 1.65 bits per heavy atom. The predicted octanol–water partition coefficient (Wildman–Crippen LogP) is 2.00. The van der Waals surface area contributed by atoms with Crippen LogP contribution in [0.4, 0.5) is 0 Å². The molecule has 1 aliphatic rings. The Morgan fingerprint density at radius 3 is 3.10 bits per heavy atom. The van der Waals surface area contributed by atoms with Crippen LogP contribution in [-0.2, 0) is 4.79 Å². The summed E-state index contributed by atoms with van der Waals surface area (Å²) in [5, 5.41) is 9.74. The van der Waals surface area contributed by atoms with Crippen molar-refractivity contribution in [3.05, 3.63) is 10.7 Å².